The summed E-state index contributed by atoms with van der Waals surface area (Å²) in [6.45, 7) is 8.27. The molecule has 2 aromatic carbocycles. The number of ether oxygens (including phenoxy) is 2. The van der Waals surface area contributed by atoms with E-state index >= 15 is 0 Å². The lowest BCUT2D eigenvalue weighted by Gasteiger charge is -2.22. The van der Waals surface area contributed by atoms with E-state index in [1.807, 2.05) is 19.1 Å². The number of alkyl halides is 3. The number of benzene rings is 2. The van der Waals surface area contributed by atoms with Gasteiger partial charge >= 0.3 is 12.3 Å². The summed E-state index contributed by atoms with van der Waals surface area (Å²) in [5, 5.41) is 4.71. The predicted molar refractivity (Wildman–Crippen MR) is 156 cm³/mol. The molecule has 4 rings (SSSR count). The summed E-state index contributed by atoms with van der Waals surface area (Å²) < 4.78 is 51.9. The molecule has 1 aliphatic rings. The molecule has 11 heteroatoms. The van der Waals surface area contributed by atoms with Crippen LogP contribution in [0.1, 0.15) is 80.1 Å². The Morgan fingerprint density at radius 1 is 1.00 bits per heavy atom. The van der Waals surface area contributed by atoms with Gasteiger partial charge in [0.25, 0.3) is 0 Å². The number of rotatable bonds is 9. The molecule has 43 heavy (non-hydrogen) atoms. The van der Waals surface area contributed by atoms with Gasteiger partial charge in [-0.1, -0.05) is 18.2 Å². The predicted octanol–water partition coefficient (Wildman–Crippen LogP) is 7.91. The largest absolute Gasteiger partial charge is 0.493 e. The highest BCUT2D eigenvalue weighted by molar-refractivity contribution is 6.12. The van der Waals surface area contributed by atoms with E-state index in [4.69, 9.17) is 9.47 Å². The van der Waals surface area contributed by atoms with Crippen molar-refractivity contribution in [1.82, 2.24) is 4.98 Å². The molecule has 0 aliphatic heterocycles. The zero-order valence-electron chi connectivity index (χ0n) is 24.6. The molecule has 1 saturated carbocycles. The molecule has 0 bridgehead atoms. The number of hydrogen-bond donors (Lipinski definition) is 2. The van der Waals surface area contributed by atoms with Crippen LogP contribution < -0.4 is 15.4 Å². The number of carbonyl (C=O) groups is 3. The fourth-order valence-corrected chi connectivity index (χ4v) is 4.48. The van der Waals surface area contributed by atoms with E-state index in [2.05, 4.69) is 15.6 Å². The van der Waals surface area contributed by atoms with Crippen molar-refractivity contribution in [3.8, 4) is 16.9 Å². The minimum absolute atomic E-state index is 0.0749. The van der Waals surface area contributed by atoms with E-state index < -0.39 is 47.3 Å². The van der Waals surface area contributed by atoms with Crippen molar-refractivity contribution in [2.45, 2.75) is 71.6 Å². The summed E-state index contributed by atoms with van der Waals surface area (Å²) in [4.78, 5) is 43.0. The summed E-state index contributed by atoms with van der Waals surface area (Å²) in [5.41, 5.74) is 1.32. The van der Waals surface area contributed by atoms with Gasteiger partial charge < -0.3 is 14.8 Å². The first-order chi connectivity index (χ1) is 20.1. The Labute approximate surface area is 248 Å². The highest BCUT2D eigenvalue weighted by Gasteiger charge is 2.36. The Balaban J connectivity index is 1.56. The highest BCUT2D eigenvalue weighted by Crippen LogP contribution is 2.42. The molecule has 2 N–H and O–H groups in total. The number of aryl methyl sites for hydroxylation is 1. The Morgan fingerprint density at radius 3 is 2.30 bits per heavy atom. The maximum Gasteiger partial charge on any atom is 0.420 e. The Bertz CT molecular complexity index is 1540. The van der Waals surface area contributed by atoms with Gasteiger partial charge in [0.05, 0.1) is 30.0 Å². The van der Waals surface area contributed by atoms with Crippen LogP contribution in [0, 0.1) is 6.92 Å². The van der Waals surface area contributed by atoms with Gasteiger partial charge in [-0.25, -0.2) is 4.79 Å². The summed E-state index contributed by atoms with van der Waals surface area (Å²) in [7, 11) is 0. The number of amides is 2. The number of aromatic nitrogens is 1. The van der Waals surface area contributed by atoms with E-state index in [1.165, 1.54) is 6.92 Å². The number of halogens is 3. The first-order valence-corrected chi connectivity index (χ1v) is 13.9. The molecule has 1 fully saturated rings. The molecule has 0 atom stereocenters. The van der Waals surface area contributed by atoms with Crippen LogP contribution in [0.25, 0.3) is 11.1 Å². The van der Waals surface area contributed by atoms with Crippen LogP contribution in [0.5, 0.6) is 5.75 Å². The van der Waals surface area contributed by atoms with E-state index in [-0.39, 0.29) is 23.5 Å². The maximum absolute atomic E-state index is 13.8. The van der Waals surface area contributed by atoms with Crippen LogP contribution in [-0.2, 0) is 15.7 Å². The lowest BCUT2D eigenvalue weighted by Crippen LogP contribution is -2.28. The summed E-state index contributed by atoms with van der Waals surface area (Å²) in [6.07, 6.45) is -2.39. The van der Waals surface area contributed by atoms with Gasteiger partial charge in [-0.2, -0.15) is 13.2 Å². The zero-order chi connectivity index (χ0) is 31.5. The number of nitrogens with one attached hydrogen (secondary N) is 2. The van der Waals surface area contributed by atoms with Gasteiger partial charge in [0, 0.05) is 35.0 Å². The average Bonchev–Trinajstić information content (AvgIpc) is 3.74. The van der Waals surface area contributed by atoms with Crippen LogP contribution in [0.15, 0.2) is 48.7 Å². The summed E-state index contributed by atoms with van der Waals surface area (Å²) in [5.74, 6) is -1.45. The second kappa shape index (κ2) is 12.4. The molecule has 0 unspecified atom stereocenters. The minimum atomic E-state index is -4.82. The molecule has 8 nitrogen and oxygen atoms in total. The van der Waals surface area contributed by atoms with E-state index in [0.29, 0.717) is 12.0 Å². The van der Waals surface area contributed by atoms with Crippen LogP contribution in [0.3, 0.4) is 0 Å². The SMILES string of the molecule is CCOc1cc(NC(=O)OC(C)(C)C)c(NC(=O)CC(=O)c2cccc(-c3cnc(C4CC4)cc3C)c2)cc1C(F)(F)F. The molecule has 3 aromatic rings. The van der Waals surface area contributed by atoms with E-state index in [9.17, 15) is 27.6 Å². The van der Waals surface area contributed by atoms with Crippen molar-refractivity contribution in [2.24, 2.45) is 0 Å². The monoisotopic (exact) mass is 597 g/mol. The molecule has 1 aromatic heterocycles. The van der Waals surface area contributed by atoms with Crippen LogP contribution in [0.2, 0.25) is 0 Å². The topological polar surface area (TPSA) is 107 Å². The quantitative estimate of drug-likeness (QED) is 0.192. The van der Waals surface area contributed by atoms with Gasteiger partial charge in [-0.05, 0) is 76.8 Å². The van der Waals surface area contributed by atoms with Crippen molar-refractivity contribution in [1.29, 1.82) is 0 Å². The van der Waals surface area contributed by atoms with Crippen molar-refractivity contribution in [3.63, 3.8) is 0 Å². The van der Waals surface area contributed by atoms with Crippen molar-refractivity contribution < 1.29 is 37.0 Å². The second-order valence-corrected chi connectivity index (χ2v) is 11.4. The smallest absolute Gasteiger partial charge is 0.420 e. The number of nitrogens with zero attached hydrogens (tertiary/aromatic N) is 1. The van der Waals surface area contributed by atoms with Crippen molar-refractivity contribution >= 4 is 29.2 Å². The summed E-state index contributed by atoms with van der Waals surface area (Å²) in [6, 6.07) is 10.4. The van der Waals surface area contributed by atoms with Crippen molar-refractivity contribution in [2.75, 3.05) is 17.2 Å². The Morgan fingerprint density at radius 2 is 1.70 bits per heavy atom. The Kier molecular flexibility index (Phi) is 9.12. The molecule has 0 spiro atoms. The molecule has 228 valence electrons. The number of anilines is 2. The fraction of sp³-hybridized carbons (Fsp3) is 0.375. The molecular formula is C32H34F3N3O5. The minimum Gasteiger partial charge on any atom is -0.493 e. The lowest BCUT2D eigenvalue weighted by molar-refractivity contribution is -0.138. The zero-order valence-corrected chi connectivity index (χ0v) is 24.6. The van der Waals surface area contributed by atoms with Crippen LogP contribution in [-0.4, -0.2) is 35.0 Å². The number of hydrogen-bond acceptors (Lipinski definition) is 6. The lowest BCUT2D eigenvalue weighted by atomic mass is 9.97. The Hall–Kier alpha value is -4.41. The molecule has 2 amide bonds. The molecule has 1 heterocycles. The molecule has 0 radical (unpaired) electrons. The molecule has 0 saturated heterocycles. The first-order valence-electron chi connectivity index (χ1n) is 13.9. The number of pyridine rings is 1. The number of carbonyl (C=O) groups excluding carboxylic acids is 3. The maximum atomic E-state index is 13.8. The first kappa shape index (κ1) is 31.5. The molecular weight excluding hydrogens is 563 g/mol. The van der Waals surface area contributed by atoms with Gasteiger partial charge in [-0.3, -0.25) is 19.9 Å². The fourth-order valence-electron chi connectivity index (χ4n) is 4.48. The van der Waals surface area contributed by atoms with Gasteiger partial charge in [0.1, 0.15) is 11.4 Å². The second-order valence-electron chi connectivity index (χ2n) is 11.4. The van der Waals surface area contributed by atoms with Gasteiger partial charge in [0.2, 0.25) is 5.91 Å². The molecule has 1 aliphatic carbocycles. The van der Waals surface area contributed by atoms with Gasteiger partial charge in [-0.15, -0.1) is 0 Å². The average molecular weight is 598 g/mol. The standard InChI is InChI=1S/C32H34F3N3O5/c1-6-42-28-15-26(38-30(41)43-31(3,4)5)25(14-23(28)32(33,34)35)37-29(40)16-27(39)21-9-7-8-20(13-21)22-17-36-24(12-18(22)2)19-10-11-19/h7-9,12-15,17,19H,6,10-11,16H2,1-5H3,(H,37,40)(H,38,41). The number of ketones is 1. The normalized spacial score (nSPS) is 13.3. The highest BCUT2D eigenvalue weighted by atomic mass is 19.4. The van der Waals surface area contributed by atoms with Crippen molar-refractivity contribution in [3.05, 3.63) is 71.0 Å². The van der Waals surface area contributed by atoms with Crippen LogP contribution >= 0.6 is 0 Å². The van der Waals surface area contributed by atoms with Gasteiger partial charge in [0.15, 0.2) is 5.78 Å². The van der Waals surface area contributed by atoms with E-state index in [0.717, 1.165) is 41.3 Å². The third-order valence-corrected chi connectivity index (χ3v) is 6.58. The number of Topliss-reactive ketones (excluding diaryl/α,β-unsaturated/α-hetero) is 1. The third-order valence-electron chi connectivity index (χ3n) is 6.58. The van der Waals surface area contributed by atoms with Crippen LogP contribution in [0.4, 0.5) is 29.3 Å². The summed E-state index contributed by atoms with van der Waals surface area (Å²) >= 11 is 0. The third kappa shape index (κ3) is 8.33. The van der Waals surface area contributed by atoms with E-state index in [1.54, 1.807) is 45.2 Å².